The molecule has 1 amide bonds. The van der Waals surface area contributed by atoms with Gasteiger partial charge in [0.15, 0.2) is 0 Å². The molecule has 0 heterocycles. The van der Waals surface area contributed by atoms with Crippen LogP contribution in [0.25, 0.3) is 0 Å². The molecular weight excluding hydrogens is 425 g/mol. The van der Waals surface area contributed by atoms with Gasteiger partial charge in [-0.15, -0.1) is 0 Å². The summed E-state index contributed by atoms with van der Waals surface area (Å²) in [7, 11) is -4.11. The van der Waals surface area contributed by atoms with E-state index in [4.69, 9.17) is 4.52 Å². The number of carbonyl (C=O) groups is 1. The fraction of sp³-hybridized carbons (Fsp3) is 0.480. The predicted molar refractivity (Wildman–Crippen MR) is 131 cm³/mol. The van der Waals surface area contributed by atoms with Crippen LogP contribution in [0.3, 0.4) is 0 Å². The minimum atomic E-state index is -4.11. The topological polar surface area (TPSA) is 84.9 Å². The number of amides is 1. The number of rotatable bonds is 12. The Balaban J connectivity index is 2.50. The summed E-state index contributed by atoms with van der Waals surface area (Å²) in [6, 6.07) is 0. The molecule has 0 saturated heterocycles. The number of phosphoric ester groups is 1. The van der Waals surface area contributed by atoms with Crippen LogP contribution in [0, 0.1) is 18.8 Å². The molecular formula is C25H38NO5P. The molecule has 2 radical (unpaired) electrons. The van der Waals surface area contributed by atoms with Gasteiger partial charge in [-0.2, -0.15) is 0 Å². The SMILES string of the molecule is [CH2][CH]COP(=O)(O)OCCNC(=O)/C=C(C)/C=C/C=C(C)/C=C/C1=C(C)CCCC1(C)C. The Bertz CT molecular complexity index is 833. The summed E-state index contributed by atoms with van der Waals surface area (Å²) in [5, 5.41) is 2.60. The van der Waals surface area contributed by atoms with Crippen LogP contribution < -0.4 is 5.32 Å². The lowest BCUT2D eigenvalue weighted by Gasteiger charge is -2.32. The van der Waals surface area contributed by atoms with E-state index >= 15 is 0 Å². The third kappa shape index (κ3) is 11.2. The van der Waals surface area contributed by atoms with E-state index in [0.29, 0.717) is 0 Å². The molecule has 1 aliphatic rings. The Morgan fingerprint density at radius 3 is 2.62 bits per heavy atom. The maximum atomic E-state index is 11.9. The number of hydrogen-bond acceptors (Lipinski definition) is 4. The van der Waals surface area contributed by atoms with E-state index < -0.39 is 7.82 Å². The van der Waals surface area contributed by atoms with Gasteiger partial charge in [0.2, 0.25) is 5.91 Å². The van der Waals surface area contributed by atoms with Gasteiger partial charge >= 0.3 is 7.82 Å². The first-order valence-electron chi connectivity index (χ1n) is 10.9. The van der Waals surface area contributed by atoms with E-state index in [9.17, 15) is 14.3 Å². The summed E-state index contributed by atoms with van der Waals surface area (Å²) in [6.07, 6.45) is 16.6. The van der Waals surface area contributed by atoms with Crippen molar-refractivity contribution in [2.45, 2.75) is 53.9 Å². The molecule has 0 aromatic heterocycles. The fourth-order valence-electron chi connectivity index (χ4n) is 3.46. The molecule has 1 atom stereocenters. The average molecular weight is 464 g/mol. The van der Waals surface area contributed by atoms with Crippen LogP contribution in [0.5, 0.6) is 0 Å². The maximum Gasteiger partial charge on any atom is 0.472 e. The minimum absolute atomic E-state index is 0.0871. The van der Waals surface area contributed by atoms with Crippen LogP contribution in [0.15, 0.2) is 58.7 Å². The smallest absolute Gasteiger partial charge is 0.350 e. The van der Waals surface area contributed by atoms with Gasteiger partial charge < -0.3 is 10.2 Å². The molecule has 0 spiro atoms. The molecule has 6 nitrogen and oxygen atoms in total. The van der Waals surface area contributed by atoms with Crippen molar-refractivity contribution in [3.05, 3.63) is 72.1 Å². The highest BCUT2D eigenvalue weighted by molar-refractivity contribution is 7.47. The van der Waals surface area contributed by atoms with Crippen molar-refractivity contribution in [1.82, 2.24) is 5.32 Å². The lowest BCUT2D eigenvalue weighted by molar-refractivity contribution is -0.116. The van der Waals surface area contributed by atoms with E-state index in [0.717, 1.165) is 11.1 Å². The summed E-state index contributed by atoms with van der Waals surface area (Å²) < 4.78 is 20.8. The molecule has 178 valence electrons. The molecule has 0 aromatic rings. The van der Waals surface area contributed by atoms with Gasteiger partial charge in [-0.1, -0.05) is 55.4 Å². The van der Waals surface area contributed by atoms with Gasteiger partial charge in [0, 0.05) is 12.6 Å². The number of nitrogens with one attached hydrogen (secondary N) is 1. The molecule has 0 aromatic carbocycles. The van der Waals surface area contributed by atoms with E-state index in [1.807, 2.05) is 25.2 Å². The van der Waals surface area contributed by atoms with Crippen molar-refractivity contribution in [3.63, 3.8) is 0 Å². The highest BCUT2D eigenvalue weighted by Crippen LogP contribution is 2.43. The van der Waals surface area contributed by atoms with Gasteiger partial charge in [-0.3, -0.25) is 13.8 Å². The van der Waals surface area contributed by atoms with E-state index in [1.54, 1.807) is 0 Å². The molecule has 2 N–H and O–H groups in total. The third-order valence-electron chi connectivity index (χ3n) is 5.14. The summed E-state index contributed by atoms with van der Waals surface area (Å²) in [5.41, 5.74) is 5.04. The second-order valence-corrected chi connectivity index (χ2v) is 10.1. The zero-order valence-electron chi connectivity index (χ0n) is 20.0. The molecule has 0 bridgehead atoms. The quantitative estimate of drug-likeness (QED) is 0.165. The zero-order valence-corrected chi connectivity index (χ0v) is 20.9. The zero-order chi connectivity index (χ0) is 24.2. The number of carbonyl (C=O) groups excluding carboxylic acids is 1. The van der Waals surface area contributed by atoms with E-state index in [1.165, 1.54) is 42.9 Å². The summed E-state index contributed by atoms with van der Waals surface area (Å²) >= 11 is 0. The Labute approximate surface area is 193 Å². The molecule has 1 aliphatic carbocycles. The van der Waals surface area contributed by atoms with Crippen LogP contribution in [0.1, 0.15) is 53.9 Å². The first-order chi connectivity index (χ1) is 15.0. The van der Waals surface area contributed by atoms with Gasteiger partial charge in [-0.25, -0.2) is 4.57 Å². The third-order valence-corrected chi connectivity index (χ3v) is 6.13. The Morgan fingerprint density at radius 2 is 1.97 bits per heavy atom. The highest BCUT2D eigenvalue weighted by Gasteiger charge is 2.26. The monoisotopic (exact) mass is 463 g/mol. The minimum Gasteiger partial charge on any atom is -0.350 e. The lowest BCUT2D eigenvalue weighted by Crippen LogP contribution is -2.25. The van der Waals surface area contributed by atoms with Crippen LogP contribution in [0.4, 0.5) is 0 Å². The molecule has 32 heavy (non-hydrogen) atoms. The Hall–Kier alpha value is -1.72. The first-order valence-corrected chi connectivity index (χ1v) is 12.4. The van der Waals surface area contributed by atoms with Crippen molar-refractivity contribution in [1.29, 1.82) is 0 Å². The van der Waals surface area contributed by atoms with Gasteiger partial charge in [-0.05, 0) is 69.9 Å². The van der Waals surface area contributed by atoms with Crippen molar-refractivity contribution in [2.75, 3.05) is 19.8 Å². The van der Waals surface area contributed by atoms with Crippen LogP contribution >= 0.6 is 7.82 Å². The van der Waals surface area contributed by atoms with E-state index in [-0.39, 0.29) is 31.1 Å². The van der Waals surface area contributed by atoms with Gasteiger partial charge in [0.1, 0.15) is 0 Å². The molecule has 1 rings (SSSR count). The normalized spacial score (nSPS) is 19.6. The number of allylic oxidation sites excluding steroid dienone is 9. The fourth-order valence-corrected chi connectivity index (χ4v) is 4.15. The second-order valence-electron chi connectivity index (χ2n) is 8.60. The van der Waals surface area contributed by atoms with Gasteiger partial charge in [0.25, 0.3) is 0 Å². The van der Waals surface area contributed by atoms with Crippen LogP contribution in [0.2, 0.25) is 0 Å². The molecule has 0 aliphatic heterocycles. The average Bonchev–Trinajstić information content (AvgIpc) is 2.69. The number of phosphoric acid groups is 1. The van der Waals surface area contributed by atoms with Crippen molar-refractivity contribution >= 4 is 13.7 Å². The van der Waals surface area contributed by atoms with Crippen LogP contribution in [-0.2, 0) is 18.4 Å². The molecule has 0 fully saturated rings. The first kappa shape index (κ1) is 28.3. The maximum absolute atomic E-state index is 11.9. The van der Waals surface area contributed by atoms with Gasteiger partial charge in [0.05, 0.1) is 13.2 Å². The van der Waals surface area contributed by atoms with Crippen molar-refractivity contribution < 1.29 is 23.3 Å². The van der Waals surface area contributed by atoms with Crippen molar-refractivity contribution in [2.24, 2.45) is 5.41 Å². The Kier molecular flexibility index (Phi) is 12.2. The van der Waals surface area contributed by atoms with Crippen LogP contribution in [-0.4, -0.2) is 30.6 Å². The number of hydrogen-bond donors (Lipinski definition) is 2. The molecule has 1 unspecified atom stereocenters. The summed E-state index contributed by atoms with van der Waals surface area (Å²) in [6.45, 7) is 14.0. The second kappa shape index (κ2) is 13.7. The highest BCUT2D eigenvalue weighted by atomic mass is 31.2. The Morgan fingerprint density at radius 1 is 1.25 bits per heavy atom. The molecule has 0 saturated carbocycles. The van der Waals surface area contributed by atoms with Crippen molar-refractivity contribution in [3.8, 4) is 0 Å². The largest absolute Gasteiger partial charge is 0.472 e. The predicted octanol–water partition coefficient (Wildman–Crippen LogP) is 5.81. The summed E-state index contributed by atoms with van der Waals surface area (Å²) in [5.74, 6) is -0.307. The molecule has 7 heteroatoms. The lowest BCUT2D eigenvalue weighted by atomic mass is 9.72. The standard InChI is InChI=1S/C25H38NO5P/c1-7-17-30-32(28,29)31-18-16-26-24(27)19-21(3)11-8-10-20(2)13-14-23-22(4)12-9-15-25(23,5)6/h7-8,10-11,13-14,19H,1,9,12,15-18H2,2-6H3,(H,26,27)(H,28,29)/b11-8+,14-13+,20-10+,21-19+. The summed E-state index contributed by atoms with van der Waals surface area (Å²) in [4.78, 5) is 21.3. The van der Waals surface area contributed by atoms with E-state index in [2.05, 4.69) is 56.6 Å².